The second kappa shape index (κ2) is 8.51. The first-order valence-corrected chi connectivity index (χ1v) is 4.00. The maximum Gasteiger partial charge on any atom is 0.0101 e. The van der Waals surface area contributed by atoms with Crippen molar-refractivity contribution < 1.29 is 14.3 Å². The van der Waals surface area contributed by atoms with Gasteiger partial charge in [0.1, 0.15) is 0 Å². The van der Waals surface area contributed by atoms with Gasteiger partial charge in [-0.3, -0.25) is 4.99 Å². The van der Waals surface area contributed by atoms with Crippen molar-refractivity contribution in [2.75, 3.05) is 0 Å². The molecule has 0 N–H and O–H groups in total. The van der Waals surface area contributed by atoms with Crippen LogP contribution in [-0.2, 0) is 0 Å². The number of aliphatic imine (C=N–C) groups is 1. The van der Waals surface area contributed by atoms with Gasteiger partial charge in [0.25, 0.3) is 0 Å². The molecule has 1 heterocycles. The van der Waals surface area contributed by atoms with Crippen LogP contribution in [0, 0.1) is 20.2 Å². The molecule has 0 fully saturated rings. The Kier molecular flexibility index (Phi) is 9.90. The van der Waals surface area contributed by atoms with E-state index in [0.717, 1.165) is 0 Å². The fourth-order valence-electron chi connectivity index (χ4n) is 0.621. The fraction of sp³-hybridized carbons (Fsp3) is 0.400. The Balaban J connectivity index is 0. The Morgan fingerprint density at radius 1 is 1.33 bits per heavy atom. The minimum absolute atomic E-state index is 0. The minimum atomic E-state index is 0. The van der Waals surface area contributed by atoms with Crippen LogP contribution in [0.3, 0.4) is 0 Å². The van der Waals surface area contributed by atoms with Crippen LogP contribution in [0.5, 0.6) is 0 Å². The van der Waals surface area contributed by atoms with Crippen molar-refractivity contribution in [3.05, 3.63) is 29.8 Å². The number of allylic oxidation sites excluding steroid dienone is 3. The maximum atomic E-state index is 4.05. The van der Waals surface area contributed by atoms with Gasteiger partial charge < -0.3 is 0 Å². The Bertz CT molecular complexity index is 180. The summed E-state index contributed by atoms with van der Waals surface area (Å²) in [5.74, 6) is 1.20. The molecule has 1 nitrogen and oxygen atoms in total. The zero-order valence-electron chi connectivity index (χ0n) is 8.13. The van der Waals surface area contributed by atoms with Crippen molar-refractivity contribution in [2.24, 2.45) is 4.99 Å². The second-order valence-electron chi connectivity index (χ2n) is 2.23. The van der Waals surface area contributed by atoms with E-state index in [-0.39, 0.29) is 14.3 Å². The molecule has 0 aromatic rings. The van der Waals surface area contributed by atoms with Crippen LogP contribution in [0.1, 0.15) is 27.7 Å². The van der Waals surface area contributed by atoms with Crippen molar-refractivity contribution >= 4 is 6.21 Å². The van der Waals surface area contributed by atoms with Crippen LogP contribution in [0.4, 0.5) is 0 Å². The van der Waals surface area contributed by atoms with Gasteiger partial charge in [-0.1, -0.05) is 27.0 Å². The predicted octanol–water partition coefficient (Wildman–Crippen LogP) is 3.15. The molecule has 1 rings (SSSR count). The Morgan fingerprint density at radius 3 is 2.50 bits per heavy atom. The summed E-state index contributed by atoms with van der Waals surface area (Å²) in [6.07, 6.45) is 7.82. The Morgan fingerprint density at radius 2 is 1.92 bits per heavy atom. The average molecular weight is 393 g/mol. The van der Waals surface area contributed by atoms with Gasteiger partial charge in [0, 0.05) is 20.5 Å². The largest absolute Gasteiger partial charge is 0.285 e. The van der Waals surface area contributed by atoms with Crippen molar-refractivity contribution in [2.45, 2.75) is 27.7 Å². The number of hydrogen-bond donors (Lipinski definition) is 0. The first-order valence-electron chi connectivity index (χ1n) is 4.00. The van der Waals surface area contributed by atoms with Gasteiger partial charge in [-0.2, -0.15) is 5.92 Å². The van der Waals surface area contributed by atoms with E-state index in [1.807, 2.05) is 40.1 Å². The van der Waals surface area contributed by atoms with Gasteiger partial charge in [-0.25, -0.2) is 12.2 Å². The molecule has 0 unspecified atom stereocenters. The fourth-order valence-corrected chi connectivity index (χ4v) is 0.621. The molecule has 0 spiro atoms. The molecule has 12 heavy (non-hydrogen) atoms. The molecule has 0 atom stereocenters. The predicted molar refractivity (Wildman–Crippen MR) is 51.7 cm³/mol. The molecule has 1 aliphatic rings. The number of nitrogens with zero attached hydrogens (tertiary/aromatic N) is 1. The summed E-state index contributed by atoms with van der Waals surface area (Å²) in [5, 5.41) is 0. The van der Waals surface area contributed by atoms with E-state index in [1.165, 1.54) is 11.5 Å². The zero-order valence-corrected chi connectivity index (χ0v) is 11.3. The van der Waals surface area contributed by atoms with Gasteiger partial charge in [-0.15, -0.1) is 12.5 Å². The van der Waals surface area contributed by atoms with E-state index in [2.05, 4.69) is 17.1 Å². The summed E-state index contributed by atoms with van der Waals surface area (Å²) in [6, 6.07) is 0. The molecule has 1 aliphatic heterocycles. The maximum absolute atomic E-state index is 4.05. The van der Waals surface area contributed by atoms with E-state index >= 15 is 0 Å². The van der Waals surface area contributed by atoms with Crippen molar-refractivity contribution in [3.8, 4) is 0 Å². The van der Waals surface area contributed by atoms with Crippen LogP contribution in [0.2, 0.25) is 0 Å². The molecule has 0 aliphatic carbocycles. The molecule has 69 valence electrons. The molecule has 1 radical (unpaired) electrons. The first-order chi connectivity index (χ1) is 5.29. The quantitative estimate of drug-likeness (QED) is 0.561. The van der Waals surface area contributed by atoms with Gasteiger partial charge in [0.05, 0.1) is 0 Å². The van der Waals surface area contributed by atoms with Crippen LogP contribution in [0.25, 0.3) is 0 Å². The van der Waals surface area contributed by atoms with Gasteiger partial charge in [0.2, 0.25) is 0 Å². The monoisotopic (exact) mass is 391 g/mol. The van der Waals surface area contributed by atoms with E-state index in [0.29, 0.717) is 0 Å². The molecular formula is C10H16AmN-. The standard InChI is InChI=1S/C8H10N.C2H6.Am/c1-7-3-4-8(2)6-9-5-7;1-2;/h3-6H,1-2H3;1-2H3;/q-1;;. The molecule has 0 saturated carbocycles. The van der Waals surface area contributed by atoms with Gasteiger partial charge in [-0.05, 0) is 0 Å². The molecule has 2 heteroatoms. The van der Waals surface area contributed by atoms with Gasteiger partial charge >= 0.3 is 0 Å². The van der Waals surface area contributed by atoms with Crippen molar-refractivity contribution in [1.82, 2.24) is 0 Å². The molecule has 0 aromatic carbocycles. The normalized spacial score (nSPS) is 13.7. The smallest absolute Gasteiger partial charge is 0.0101 e. The van der Waals surface area contributed by atoms with Crippen LogP contribution < -0.4 is 0 Å². The summed E-state index contributed by atoms with van der Waals surface area (Å²) in [4.78, 5) is 4.05. The summed E-state index contributed by atoms with van der Waals surface area (Å²) in [6.45, 7) is 8.07. The third-order valence-electron chi connectivity index (χ3n) is 1.17. The molecule has 0 bridgehead atoms. The average Bonchev–Trinajstić information content (AvgIpc) is 2.20. The zero-order chi connectivity index (χ0) is 8.69. The van der Waals surface area contributed by atoms with E-state index in [9.17, 15) is 0 Å². The summed E-state index contributed by atoms with van der Waals surface area (Å²) < 4.78 is 0. The summed E-state index contributed by atoms with van der Waals surface area (Å²) >= 11 is 0. The van der Waals surface area contributed by atoms with Crippen molar-refractivity contribution in [3.63, 3.8) is 0 Å². The third kappa shape index (κ3) is 6.14. The van der Waals surface area contributed by atoms with Crippen LogP contribution in [0.15, 0.2) is 28.9 Å². The Hall–Kier alpha value is -0.590. The first kappa shape index (κ1) is 14.0. The van der Waals surface area contributed by atoms with E-state index < -0.39 is 0 Å². The SMILES string of the molecule is CC.CC1=CN=C[C-](C)C=C1.[Am]. The van der Waals surface area contributed by atoms with E-state index in [1.54, 1.807) is 0 Å². The number of rotatable bonds is 0. The topological polar surface area (TPSA) is 12.4 Å². The number of hydrogen-bond acceptors (Lipinski definition) is 1. The summed E-state index contributed by atoms with van der Waals surface area (Å²) in [7, 11) is 0. The molecule has 0 saturated heterocycles. The minimum Gasteiger partial charge on any atom is -0.285 e. The van der Waals surface area contributed by atoms with Gasteiger partial charge in [0.15, 0.2) is 0 Å². The Labute approximate surface area is 83.5 Å². The molecular weight excluding hydrogens is 377 g/mol. The van der Waals surface area contributed by atoms with Crippen molar-refractivity contribution in [1.29, 1.82) is 0 Å². The van der Waals surface area contributed by atoms with Crippen LogP contribution >= 0.6 is 0 Å². The van der Waals surface area contributed by atoms with Crippen LogP contribution in [-0.4, -0.2) is 6.21 Å². The molecule has 0 aromatic heterocycles. The van der Waals surface area contributed by atoms with E-state index in [4.69, 9.17) is 0 Å². The second-order valence-corrected chi connectivity index (χ2v) is 2.23. The third-order valence-corrected chi connectivity index (χ3v) is 1.17. The molecule has 0 amide bonds. The summed E-state index contributed by atoms with van der Waals surface area (Å²) in [5.41, 5.74) is 1.20.